The Morgan fingerprint density at radius 3 is 2.79 bits per heavy atom. The molecule has 3 N–H and O–H groups in total. The standard InChI is InChI=1S/C13H20N4OS/c14-12-15-7-10(19-12)11(18)16-8-13(3-4-13)9-17-5-1-2-6-17/h7H,1-6,8-9H2,(H2,14,15)(H,16,18). The quantitative estimate of drug-likeness (QED) is 0.853. The van der Waals surface area contributed by atoms with Gasteiger partial charge in [0.25, 0.3) is 5.91 Å². The average molecular weight is 280 g/mol. The highest BCUT2D eigenvalue weighted by Crippen LogP contribution is 2.46. The van der Waals surface area contributed by atoms with Crippen molar-refractivity contribution in [1.29, 1.82) is 0 Å². The van der Waals surface area contributed by atoms with Crippen LogP contribution in [-0.2, 0) is 0 Å². The zero-order chi connectivity index (χ0) is 13.3. The first-order chi connectivity index (χ1) is 9.17. The molecule has 0 aromatic carbocycles. The summed E-state index contributed by atoms with van der Waals surface area (Å²) in [6.07, 6.45) is 6.66. The van der Waals surface area contributed by atoms with E-state index in [1.165, 1.54) is 50.1 Å². The summed E-state index contributed by atoms with van der Waals surface area (Å²) in [5.41, 5.74) is 5.87. The first-order valence-corrected chi connectivity index (χ1v) is 7.70. The lowest BCUT2D eigenvalue weighted by molar-refractivity contribution is 0.0944. The van der Waals surface area contributed by atoms with Gasteiger partial charge in [-0.1, -0.05) is 11.3 Å². The van der Waals surface area contributed by atoms with Gasteiger partial charge in [0.05, 0.1) is 6.20 Å². The molecule has 6 heteroatoms. The molecule has 1 saturated carbocycles. The summed E-state index contributed by atoms with van der Waals surface area (Å²) in [6.45, 7) is 4.36. The summed E-state index contributed by atoms with van der Waals surface area (Å²) in [6, 6.07) is 0. The van der Waals surface area contributed by atoms with E-state index in [4.69, 9.17) is 5.73 Å². The fraction of sp³-hybridized carbons (Fsp3) is 0.692. The first kappa shape index (κ1) is 12.9. The molecule has 3 rings (SSSR count). The van der Waals surface area contributed by atoms with Gasteiger partial charge in [-0.3, -0.25) is 4.79 Å². The number of hydrogen-bond donors (Lipinski definition) is 2. The molecular weight excluding hydrogens is 260 g/mol. The molecule has 0 radical (unpaired) electrons. The number of aromatic nitrogens is 1. The van der Waals surface area contributed by atoms with E-state index in [1.54, 1.807) is 6.20 Å². The van der Waals surface area contributed by atoms with E-state index in [-0.39, 0.29) is 5.91 Å². The lowest BCUT2D eigenvalue weighted by Gasteiger charge is -2.23. The van der Waals surface area contributed by atoms with Gasteiger partial charge in [-0.05, 0) is 38.8 Å². The molecule has 1 aliphatic carbocycles. The SMILES string of the molecule is Nc1ncc(C(=O)NCC2(CN3CCCC3)CC2)s1. The van der Waals surface area contributed by atoms with E-state index in [2.05, 4.69) is 15.2 Å². The Balaban J connectivity index is 1.50. The van der Waals surface area contributed by atoms with Crippen molar-refractivity contribution in [2.45, 2.75) is 25.7 Å². The van der Waals surface area contributed by atoms with E-state index in [1.807, 2.05) is 0 Å². The predicted molar refractivity (Wildman–Crippen MR) is 76.2 cm³/mol. The number of thiazole rings is 1. The van der Waals surface area contributed by atoms with Crippen LogP contribution in [0.3, 0.4) is 0 Å². The number of carbonyl (C=O) groups is 1. The summed E-state index contributed by atoms with van der Waals surface area (Å²) in [7, 11) is 0. The first-order valence-electron chi connectivity index (χ1n) is 6.89. The molecule has 2 aliphatic rings. The summed E-state index contributed by atoms with van der Waals surface area (Å²) >= 11 is 1.24. The molecule has 1 aromatic heterocycles. The minimum absolute atomic E-state index is 0.0399. The predicted octanol–water partition coefficient (Wildman–Crippen LogP) is 1.33. The van der Waals surface area contributed by atoms with Gasteiger partial charge in [-0.15, -0.1) is 0 Å². The van der Waals surface area contributed by atoms with Crippen molar-refractivity contribution in [3.8, 4) is 0 Å². The minimum atomic E-state index is -0.0399. The molecule has 0 unspecified atom stereocenters. The minimum Gasteiger partial charge on any atom is -0.375 e. The van der Waals surface area contributed by atoms with Gasteiger partial charge >= 0.3 is 0 Å². The van der Waals surface area contributed by atoms with Crippen LogP contribution in [0.25, 0.3) is 0 Å². The largest absolute Gasteiger partial charge is 0.375 e. The van der Waals surface area contributed by atoms with Crippen LogP contribution in [0.5, 0.6) is 0 Å². The van der Waals surface area contributed by atoms with E-state index in [0.717, 1.165) is 13.1 Å². The van der Waals surface area contributed by atoms with Crippen LogP contribution in [0.4, 0.5) is 5.13 Å². The maximum atomic E-state index is 12.0. The number of nitrogens with two attached hydrogens (primary N) is 1. The average Bonchev–Trinajstić information content (AvgIpc) is 2.79. The van der Waals surface area contributed by atoms with Crippen molar-refractivity contribution >= 4 is 22.4 Å². The molecule has 104 valence electrons. The van der Waals surface area contributed by atoms with Gasteiger partial charge < -0.3 is 16.0 Å². The molecular formula is C13H20N4OS. The lowest BCUT2D eigenvalue weighted by Crippen LogP contribution is -2.36. The molecule has 0 spiro atoms. The van der Waals surface area contributed by atoms with Gasteiger partial charge in [0.15, 0.2) is 5.13 Å². The topological polar surface area (TPSA) is 71.2 Å². The monoisotopic (exact) mass is 280 g/mol. The second-order valence-electron chi connectivity index (χ2n) is 5.73. The summed E-state index contributed by atoms with van der Waals surface area (Å²) in [5, 5.41) is 3.49. The van der Waals surface area contributed by atoms with Crippen LogP contribution in [0.1, 0.15) is 35.4 Å². The molecule has 19 heavy (non-hydrogen) atoms. The molecule has 2 heterocycles. The van der Waals surface area contributed by atoms with Crippen LogP contribution in [0.2, 0.25) is 0 Å². The lowest BCUT2D eigenvalue weighted by atomic mass is 10.1. The highest BCUT2D eigenvalue weighted by molar-refractivity contribution is 7.17. The highest BCUT2D eigenvalue weighted by Gasteiger charge is 2.44. The van der Waals surface area contributed by atoms with Gasteiger partial charge in [-0.2, -0.15) is 0 Å². The number of carbonyl (C=O) groups excluding carboxylic acids is 1. The Morgan fingerprint density at radius 2 is 2.21 bits per heavy atom. The van der Waals surface area contributed by atoms with Crippen LogP contribution in [0, 0.1) is 5.41 Å². The van der Waals surface area contributed by atoms with Crippen molar-refractivity contribution in [3.05, 3.63) is 11.1 Å². The fourth-order valence-electron chi connectivity index (χ4n) is 2.73. The molecule has 1 aliphatic heterocycles. The molecule has 1 aromatic rings. The smallest absolute Gasteiger partial charge is 0.263 e. The third-order valence-electron chi connectivity index (χ3n) is 4.09. The van der Waals surface area contributed by atoms with Gasteiger partial charge in [-0.25, -0.2) is 4.98 Å². The van der Waals surface area contributed by atoms with Crippen molar-refractivity contribution in [2.75, 3.05) is 31.9 Å². The summed E-state index contributed by atoms with van der Waals surface area (Å²) in [5.74, 6) is -0.0399. The summed E-state index contributed by atoms with van der Waals surface area (Å²) < 4.78 is 0. The molecule has 1 saturated heterocycles. The van der Waals surface area contributed by atoms with Crippen LogP contribution in [-0.4, -0.2) is 42.0 Å². The van der Waals surface area contributed by atoms with Crippen molar-refractivity contribution in [2.24, 2.45) is 5.41 Å². The number of likely N-dealkylation sites (tertiary alicyclic amines) is 1. The maximum Gasteiger partial charge on any atom is 0.263 e. The van der Waals surface area contributed by atoms with E-state index < -0.39 is 0 Å². The third kappa shape index (κ3) is 3.06. The normalized spacial score (nSPS) is 21.5. The number of nitrogen functional groups attached to an aromatic ring is 1. The number of anilines is 1. The fourth-order valence-corrected chi connectivity index (χ4v) is 3.33. The Labute approximate surface area is 117 Å². The van der Waals surface area contributed by atoms with E-state index in [0.29, 0.717) is 15.4 Å². The zero-order valence-electron chi connectivity index (χ0n) is 11.0. The third-order valence-corrected chi connectivity index (χ3v) is 4.91. The van der Waals surface area contributed by atoms with Gasteiger partial charge in [0, 0.05) is 18.5 Å². The molecule has 5 nitrogen and oxygen atoms in total. The Bertz CT molecular complexity index is 463. The van der Waals surface area contributed by atoms with E-state index in [9.17, 15) is 4.79 Å². The Kier molecular flexibility index (Phi) is 3.45. The number of amides is 1. The van der Waals surface area contributed by atoms with E-state index >= 15 is 0 Å². The van der Waals surface area contributed by atoms with Crippen molar-refractivity contribution in [1.82, 2.24) is 15.2 Å². The van der Waals surface area contributed by atoms with Crippen LogP contribution < -0.4 is 11.1 Å². The number of nitrogens with zero attached hydrogens (tertiary/aromatic N) is 2. The second kappa shape index (κ2) is 5.09. The molecule has 0 bridgehead atoms. The van der Waals surface area contributed by atoms with Crippen molar-refractivity contribution in [3.63, 3.8) is 0 Å². The van der Waals surface area contributed by atoms with Crippen LogP contribution >= 0.6 is 11.3 Å². The Morgan fingerprint density at radius 1 is 1.47 bits per heavy atom. The highest BCUT2D eigenvalue weighted by atomic mass is 32.1. The van der Waals surface area contributed by atoms with Gasteiger partial charge in [0.2, 0.25) is 0 Å². The second-order valence-corrected chi connectivity index (χ2v) is 6.79. The number of nitrogens with one attached hydrogen (secondary N) is 1. The summed E-state index contributed by atoms with van der Waals surface area (Å²) in [4.78, 5) is 19.0. The number of hydrogen-bond acceptors (Lipinski definition) is 5. The molecule has 2 fully saturated rings. The Hall–Kier alpha value is -1.14. The number of rotatable bonds is 5. The molecule has 1 amide bonds. The van der Waals surface area contributed by atoms with Gasteiger partial charge in [0.1, 0.15) is 4.88 Å². The zero-order valence-corrected chi connectivity index (χ0v) is 11.8. The molecule has 0 atom stereocenters. The maximum absolute atomic E-state index is 12.0. The van der Waals surface area contributed by atoms with Crippen molar-refractivity contribution < 1.29 is 4.79 Å². The van der Waals surface area contributed by atoms with Crippen LogP contribution in [0.15, 0.2) is 6.20 Å².